The Morgan fingerprint density at radius 1 is 1.05 bits per heavy atom. The Balaban J connectivity index is 1.28. The number of carbonyl (C=O) groups is 1. The third-order valence-corrected chi connectivity index (χ3v) is 6.59. The van der Waals surface area contributed by atoms with Crippen LogP contribution in [-0.4, -0.2) is 45.6 Å². The lowest BCUT2D eigenvalue weighted by Gasteiger charge is -2.09. The van der Waals surface area contributed by atoms with Crippen molar-refractivity contribution in [3.8, 4) is 28.3 Å². The minimum atomic E-state index is -0.492. The van der Waals surface area contributed by atoms with Gasteiger partial charge in [-0.15, -0.1) is 0 Å². The molecular formula is C29H20FN9O. The van der Waals surface area contributed by atoms with Crippen molar-refractivity contribution < 1.29 is 9.18 Å². The number of anilines is 1. The number of hydrogen-bond acceptors (Lipinski definition) is 6. The van der Waals surface area contributed by atoms with E-state index in [1.807, 2.05) is 29.8 Å². The van der Waals surface area contributed by atoms with Crippen LogP contribution in [0.1, 0.15) is 16.1 Å². The van der Waals surface area contributed by atoms with Crippen LogP contribution in [0, 0.1) is 12.7 Å². The first kappa shape index (κ1) is 23.4. The summed E-state index contributed by atoms with van der Waals surface area (Å²) in [6.07, 6.45) is 8.34. The molecule has 0 saturated heterocycles. The number of hydrogen-bond donors (Lipinski definition) is 3. The molecule has 40 heavy (non-hydrogen) atoms. The van der Waals surface area contributed by atoms with Crippen molar-refractivity contribution in [1.29, 1.82) is 0 Å². The van der Waals surface area contributed by atoms with Crippen LogP contribution in [0.4, 0.5) is 10.1 Å². The smallest absolute Gasteiger partial charge is 0.255 e. The van der Waals surface area contributed by atoms with Crippen molar-refractivity contribution in [2.75, 3.05) is 5.32 Å². The zero-order valence-electron chi connectivity index (χ0n) is 21.1. The van der Waals surface area contributed by atoms with Crippen molar-refractivity contribution in [1.82, 2.24) is 39.7 Å². The Bertz CT molecular complexity index is 2040. The number of H-pyrrole nitrogens is 2. The molecule has 194 valence electrons. The number of pyridine rings is 2. The zero-order chi connectivity index (χ0) is 27.2. The molecule has 0 radical (unpaired) electrons. The van der Waals surface area contributed by atoms with Crippen molar-refractivity contribution in [2.24, 2.45) is 0 Å². The number of fused-ring (bicyclic) bond motifs is 2. The maximum Gasteiger partial charge on any atom is 0.255 e. The average Bonchev–Trinajstić information content (AvgIpc) is 3.72. The maximum atomic E-state index is 16.2. The summed E-state index contributed by atoms with van der Waals surface area (Å²) in [7, 11) is 0. The topological polar surface area (TPSA) is 130 Å². The maximum absolute atomic E-state index is 16.2. The van der Waals surface area contributed by atoms with Crippen LogP contribution >= 0.6 is 0 Å². The van der Waals surface area contributed by atoms with Crippen LogP contribution in [0.25, 0.3) is 50.4 Å². The summed E-state index contributed by atoms with van der Waals surface area (Å²) in [5, 5.41) is 10.4. The summed E-state index contributed by atoms with van der Waals surface area (Å²) in [4.78, 5) is 33.4. The number of nitrogens with one attached hydrogen (secondary N) is 3. The van der Waals surface area contributed by atoms with Gasteiger partial charge >= 0.3 is 0 Å². The minimum Gasteiger partial charge on any atom is -0.321 e. The highest BCUT2D eigenvalue weighted by Crippen LogP contribution is 2.34. The van der Waals surface area contributed by atoms with Gasteiger partial charge in [0, 0.05) is 35.3 Å². The second-order valence-corrected chi connectivity index (χ2v) is 9.24. The van der Waals surface area contributed by atoms with E-state index >= 15 is 4.39 Å². The fourth-order valence-electron chi connectivity index (χ4n) is 4.69. The lowest BCUT2D eigenvalue weighted by molar-refractivity contribution is 0.102. The van der Waals surface area contributed by atoms with Crippen LogP contribution in [0.2, 0.25) is 0 Å². The molecule has 3 N–H and O–H groups in total. The first-order chi connectivity index (χ1) is 19.5. The monoisotopic (exact) mass is 529 g/mol. The van der Waals surface area contributed by atoms with Crippen LogP contribution in [-0.2, 0) is 0 Å². The van der Waals surface area contributed by atoms with Gasteiger partial charge in [-0.25, -0.2) is 19.3 Å². The molecule has 10 nitrogen and oxygen atoms in total. The number of amides is 1. The summed E-state index contributed by atoms with van der Waals surface area (Å²) >= 11 is 0. The van der Waals surface area contributed by atoms with Gasteiger partial charge in [0.05, 0.1) is 40.5 Å². The van der Waals surface area contributed by atoms with Gasteiger partial charge in [0.2, 0.25) is 0 Å². The molecule has 0 saturated carbocycles. The molecule has 2 aromatic carbocycles. The van der Waals surface area contributed by atoms with Gasteiger partial charge in [-0.05, 0) is 43.3 Å². The van der Waals surface area contributed by atoms with Gasteiger partial charge in [-0.1, -0.05) is 18.2 Å². The number of rotatable bonds is 5. The molecule has 7 rings (SSSR count). The summed E-state index contributed by atoms with van der Waals surface area (Å²) in [6.45, 7) is 1.91. The molecule has 5 aromatic heterocycles. The lowest BCUT2D eigenvalue weighted by atomic mass is 10.0. The van der Waals surface area contributed by atoms with Crippen LogP contribution in [0.5, 0.6) is 0 Å². The standard InChI is InChI=1S/C29H20FN9O/c1-16-14-39(15-33-16)22-9-10-32-27-25(22)35-28(36-27)26-23-21(37-38-26)8-7-20(24(23)30)18-11-19(13-31-12-18)34-29(40)17-5-3-2-4-6-17/h2-15H,1H3,(H,34,40)(H,37,38)(H,32,35,36). The van der Waals surface area contributed by atoms with Gasteiger partial charge < -0.3 is 14.9 Å². The van der Waals surface area contributed by atoms with Gasteiger partial charge in [0.15, 0.2) is 11.5 Å². The third-order valence-electron chi connectivity index (χ3n) is 6.59. The van der Waals surface area contributed by atoms with Gasteiger partial charge in [-0.3, -0.25) is 14.9 Å². The first-order valence-electron chi connectivity index (χ1n) is 12.4. The molecular weight excluding hydrogens is 509 g/mol. The van der Waals surface area contributed by atoms with E-state index < -0.39 is 5.82 Å². The molecule has 5 heterocycles. The molecule has 11 heteroatoms. The van der Waals surface area contributed by atoms with E-state index in [1.54, 1.807) is 61.2 Å². The van der Waals surface area contributed by atoms with Gasteiger partial charge in [-0.2, -0.15) is 5.10 Å². The molecule has 0 aliphatic carbocycles. The van der Waals surface area contributed by atoms with E-state index in [2.05, 4.69) is 35.5 Å². The Labute approximate surface area is 226 Å². The lowest BCUT2D eigenvalue weighted by Crippen LogP contribution is -2.11. The quantitative estimate of drug-likeness (QED) is 0.272. The molecule has 0 unspecified atom stereocenters. The highest BCUT2D eigenvalue weighted by atomic mass is 19.1. The Hall–Kier alpha value is -5.71. The van der Waals surface area contributed by atoms with E-state index in [9.17, 15) is 4.79 Å². The Morgan fingerprint density at radius 3 is 2.75 bits per heavy atom. The largest absolute Gasteiger partial charge is 0.321 e. The predicted molar refractivity (Wildman–Crippen MR) is 148 cm³/mol. The highest BCUT2D eigenvalue weighted by molar-refractivity contribution is 6.04. The number of aromatic amines is 2. The second-order valence-electron chi connectivity index (χ2n) is 9.24. The van der Waals surface area contributed by atoms with Gasteiger partial charge in [0.25, 0.3) is 5.91 Å². The van der Waals surface area contributed by atoms with Crippen LogP contribution in [0.15, 0.2) is 85.7 Å². The summed E-state index contributed by atoms with van der Waals surface area (Å²) < 4.78 is 18.0. The summed E-state index contributed by atoms with van der Waals surface area (Å²) in [5.74, 6) is -0.402. The molecule has 1 amide bonds. The molecule has 0 fully saturated rings. The van der Waals surface area contributed by atoms with Crippen LogP contribution in [0.3, 0.4) is 0 Å². The number of imidazole rings is 2. The third kappa shape index (κ3) is 3.97. The number of aromatic nitrogens is 8. The summed E-state index contributed by atoms with van der Waals surface area (Å²) in [5.41, 5.74) is 5.40. The van der Waals surface area contributed by atoms with Crippen molar-refractivity contribution in [2.45, 2.75) is 6.92 Å². The number of benzene rings is 2. The number of aryl methyl sites for hydroxylation is 1. The van der Waals surface area contributed by atoms with Crippen molar-refractivity contribution in [3.63, 3.8) is 0 Å². The van der Waals surface area contributed by atoms with E-state index in [1.165, 1.54) is 6.20 Å². The molecule has 0 atom stereocenters. The highest BCUT2D eigenvalue weighted by Gasteiger charge is 2.21. The fourth-order valence-corrected chi connectivity index (χ4v) is 4.69. The number of nitrogens with zero attached hydrogens (tertiary/aromatic N) is 6. The number of carbonyl (C=O) groups excluding carboxylic acids is 1. The molecule has 7 aromatic rings. The SMILES string of the molecule is Cc1cn(-c2ccnc3[nH]c(-c4n[nH]c5ccc(-c6cncc(NC(=O)c7ccccc7)c6)c(F)c45)nc23)cn1. The normalized spacial score (nSPS) is 11.3. The molecule has 0 spiro atoms. The van der Waals surface area contributed by atoms with Gasteiger partial charge in [0.1, 0.15) is 17.0 Å². The summed E-state index contributed by atoms with van der Waals surface area (Å²) in [6, 6.07) is 15.8. The van der Waals surface area contributed by atoms with Crippen LogP contribution < -0.4 is 5.32 Å². The van der Waals surface area contributed by atoms with E-state index in [-0.39, 0.29) is 11.3 Å². The van der Waals surface area contributed by atoms with Crippen molar-refractivity contribution >= 4 is 33.7 Å². The van der Waals surface area contributed by atoms with E-state index in [4.69, 9.17) is 4.98 Å². The van der Waals surface area contributed by atoms with E-state index in [0.29, 0.717) is 50.6 Å². The van der Waals surface area contributed by atoms with Crippen molar-refractivity contribution in [3.05, 3.63) is 103 Å². The zero-order valence-corrected chi connectivity index (χ0v) is 21.1. The fraction of sp³-hybridized carbons (Fsp3) is 0.0345. The first-order valence-corrected chi connectivity index (χ1v) is 12.4. The minimum absolute atomic E-state index is 0.273. The molecule has 0 aliphatic rings. The molecule has 0 bridgehead atoms. The Kier molecular flexibility index (Phi) is 5.41. The molecule has 0 aliphatic heterocycles. The van der Waals surface area contributed by atoms with E-state index in [0.717, 1.165) is 11.4 Å². The number of halogens is 1. The Morgan fingerprint density at radius 2 is 1.93 bits per heavy atom. The second kappa shape index (κ2) is 9.24. The average molecular weight is 530 g/mol. The predicted octanol–water partition coefficient (Wildman–Crippen LogP) is 5.45.